The molecule has 1 aliphatic rings. The number of rotatable bonds is 0. The second kappa shape index (κ2) is 6.25. The van der Waals surface area contributed by atoms with Gasteiger partial charge in [-0.2, -0.15) is 0 Å². The second-order valence-electron chi connectivity index (χ2n) is 6.06. The van der Waals surface area contributed by atoms with Gasteiger partial charge in [0.1, 0.15) is 0 Å². The first kappa shape index (κ1) is 16.5. The van der Waals surface area contributed by atoms with E-state index in [-0.39, 0.29) is 22.8 Å². The van der Waals surface area contributed by atoms with Gasteiger partial charge in [-0.1, -0.05) is 34.6 Å². The van der Waals surface area contributed by atoms with E-state index < -0.39 is 0 Å². The van der Waals surface area contributed by atoms with Crippen molar-refractivity contribution in [3.63, 3.8) is 0 Å². The molecule has 0 unspecified atom stereocenters. The normalized spacial score (nSPS) is 18.8. The van der Waals surface area contributed by atoms with Gasteiger partial charge in [0.05, 0.1) is 5.69 Å². The van der Waals surface area contributed by atoms with Crippen LogP contribution in [0.5, 0.6) is 0 Å². The number of nitrogens with one attached hydrogen (secondary N) is 1. The van der Waals surface area contributed by atoms with Crippen LogP contribution in [0.3, 0.4) is 0 Å². The summed E-state index contributed by atoms with van der Waals surface area (Å²) < 4.78 is 0. The van der Waals surface area contributed by atoms with Crippen molar-refractivity contribution >= 4 is 11.6 Å². The maximum atomic E-state index is 12.5. The Morgan fingerprint density at radius 3 is 2.40 bits per heavy atom. The summed E-state index contributed by atoms with van der Waals surface area (Å²) in [6.07, 6.45) is 3.21. The van der Waals surface area contributed by atoms with Crippen molar-refractivity contribution in [3.05, 3.63) is 28.2 Å². The summed E-state index contributed by atoms with van der Waals surface area (Å²) in [5.41, 5.74) is 1.62. The molecule has 1 atom stereocenters. The van der Waals surface area contributed by atoms with Gasteiger partial charge in [-0.05, 0) is 23.8 Å². The molecular formula is C16H26N2O2. The van der Waals surface area contributed by atoms with Crippen LogP contribution in [0.1, 0.15) is 46.6 Å². The Bertz CT molecular complexity index is 526. The van der Waals surface area contributed by atoms with E-state index in [1.165, 1.54) is 0 Å². The number of aryl methyl sites for hydroxylation is 1. The molecule has 0 saturated carbocycles. The standard InChI is InChI=1S/C14H20N2O2.C2H6/c1-14(2,3)10-6-5-9-7-12(17)15-8-11(9)16(4)13(10)18;1-2/h7-8,10H,5-6H2,1-4H3,(H,15,17);1-2H3/t10-;/m0./s1. The highest BCUT2D eigenvalue weighted by molar-refractivity contribution is 5.96. The van der Waals surface area contributed by atoms with E-state index in [1.54, 1.807) is 24.2 Å². The average Bonchev–Trinajstić information content (AvgIpc) is 2.50. The van der Waals surface area contributed by atoms with E-state index in [0.717, 1.165) is 24.1 Å². The van der Waals surface area contributed by atoms with Crippen LogP contribution in [0.2, 0.25) is 0 Å². The molecule has 0 radical (unpaired) electrons. The zero-order valence-electron chi connectivity index (χ0n) is 13.4. The van der Waals surface area contributed by atoms with Crippen LogP contribution in [0.15, 0.2) is 17.1 Å². The number of fused-ring (bicyclic) bond motifs is 1. The van der Waals surface area contributed by atoms with Crippen molar-refractivity contribution in [1.82, 2.24) is 4.98 Å². The largest absolute Gasteiger partial charge is 0.327 e. The molecule has 0 aliphatic carbocycles. The molecule has 0 bridgehead atoms. The quantitative estimate of drug-likeness (QED) is 0.793. The molecule has 4 heteroatoms. The van der Waals surface area contributed by atoms with Crippen molar-refractivity contribution < 1.29 is 4.79 Å². The first-order valence-corrected chi connectivity index (χ1v) is 7.30. The van der Waals surface area contributed by atoms with Crippen LogP contribution >= 0.6 is 0 Å². The van der Waals surface area contributed by atoms with Crippen LogP contribution in [0.4, 0.5) is 5.69 Å². The number of aromatic nitrogens is 1. The molecule has 20 heavy (non-hydrogen) atoms. The van der Waals surface area contributed by atoms with Gasteiger partial charge >= 0.3 is 0 Å². The lowest BCUT2D eigenvalue weighted by Crippen LogP contribution is -2.38. The van der Waals surface area contributed by atoms with Crippen LogP contribution in [0, 0.1) is 11.3 Å². The fourth-order valence-corrected chi connectivity index (χ4v) is 2.60. The third-order valence-corrected chi connectivity index (χ3v) is 3.72. The van der Waals surface area contributed by atoms with Crippen LogP contribution < -0.4 is 10.5 Å². The molecule has 0 fully saturated rings. The number of hydrogen-bond donors (Lipinski definition) is 1. The maximum absolute atomic E-state index is 12.5. The molecule has 2 rings (SSSR count). The number of pyridine rings is 1. The number of anilines is 1. The fourth-order valence-electron chi connectivity index (χ4n) is 2.60. The number of carbonyl (C=O) groups is 1. The molecule has 112 valence electrons. The van der Waals surface area contributed by atoms with Gasteiger partial charge in [-0.25, -0.2) is 0 Å². The van der Waals surface area contributed by atoms with Crippen molar-refractivity contribution in [1.29, 1.82) is 0 Å². The van der Waals surface area contributed by atoms with Gasteiger partial charge < -0.3 is 9.88 Å². The first-order chi connectivity index (χ1) is 9.30. The Morgan fingerprint density at radius 2 is 1.85 bits per heavy atom. The van der Waals surface area contributed by atoms with Crippen molar-refractivity contribution in [2.24, 2.45) is 11.3 Å². The third kappa shape index (κ3) is 3.30. The Hall–Kier alpha value is -1.58. The summed E-state index contributed by atoms with van der Waals surface area (Å²) in [4.78, 5) is 28.2. The van der Waals surface area contributed by atoms with Crippen molar-refractivity contribution in [2.75, 3.05) is 11.9 Å². The number of hydrogen-bond acceptors (Lipinski definition) is 2. The van der Waals surface area contributed by atoms with Gasteiger partial charge in [0.15, 0.2) is 0 Å². The van der Waals surface area contributed by atoms with Gasteiger partial charge in [-0.3, -0.25) is 9.59 Å². The lowest BCUT2D eigenvalue weighted by atomic mass is 9.77. The molecule has 1 amide bonds. The molecule has 4 nitrogen and oxygen atoms in total. The predicted molar refractivity (Wildman–Crippen MR) is 83.1 cm³/mol. The number of amides is 1. The Morgan fingerprint density at radius 1 is 1.25 bits per heavy atom. The smallest absolute Gasteiger partial charge is 0.248 e. The molecule has 2 heterocycles. The van der Waals surface area contributed by atoms with E-state index in [4.69, 9.17) is 0 Å². The Balaban J connectivity index is 0.000000956. The lowest BCUT2D eigenvalue weighted by Gasteiger charge is -2.30. The number of nitrogens with zero attached hydrogens (tertiary/aromatic N) is 1. The minimum atomic E-state index is -0.108. The van der Waals surface area contributed by atoms with Gasteiger partial charge in [-0.15, -0.1) is 0 Å². The van der Waals surface area contributed by atoms with Crippen LogP contribution in [-0.2, 0) is 11.2 Å². The topological polar surface area (TPSA) is 53.2 Å². The predicted octanol–water partition coefficient (Wildman–Crippen LogP) is 2.97. The second-order valence-corrected chi connectivity index (χ2v) is 6.06. The molecule has 0 aromatic carbocycles. The first-order valence-electron chi connectivity index (χ1n) is 7.30. The molecule has 1 aromatic heterocycles. The van der Waals surface area contributed by atoms with E-state index in [1.807, 2.05) is 13.8 Å². The summed E-state index contributed by atoms with van der Waals surface area (Å²) in [5, 5.41) is 0. The van der Waals surface area contributed by atoms with Crippen molar-refractivity contribution in [3.8, 4) is 0 Å². The van der Waals surface area contributed by atoms with E-state index in [2.05, 4.69) is 25.8 Å². The maximum Gasteiger partial charge on any atom is 0.248 e. The van der Waals surface area contributed by atoms with E-state index in [9.17, 15) is 9.59 Å². The van der Waals surface area contributed by atoms with Crippen molar-refractivity contribution in [2.45, 2.75) is 47.5 Å². The molecule has 1 aliphatic heterocycles. The SMILES string of the molecule is CC.CN1C(=O)[C@@H](C(C)(C)C)CCc2cc(=O)[nH]cc21. The highest BCUT2D eigenvalue weighted by Crippen LogP contribution is 2.36. The minimum absolute atomic E-state index is 0.00926. The summed E-state index contributed by atoms with van der Waals surface area (Å²) in [7, 11) is 1.78. The monoisotopic (exact) mass is 278 g/mol. The van der Waals surface area contributed by atoms with Crippen LogP contribution in [-0.4, -0.2) is 17.9 Å². The highest BCUT2D eigenvalue weighted by atomic mass is 16.2. The Kier molecular flexibility index (Phi) is 5.15. The molecule has 0 saturated heterocycles. The zero-order chi connectivity index (χ0) is 15.5. The Labute approximate surface area is 121 Å². The zero-order valence-corrected chi connectivity index (χ0v) is 13.4. The number of H-pyrrole nitrogens is 1. The fraction of sp³-hybridized carbons (Fsp3) is 0.625. The molecule has 1 N–H and O–H groups in total. The summed E-state index contributed by atoms with van der Waals surface area (Å²) in [6, 6.07) is 1.60. The molecule has 1 aromatic rings. The van der Waals surface area contributed by atoms with Crippen LogP contribution in [0.25, 0.3) is 0 Å². The van der Waals surface area contributed by atoms with E-state index >= 15 is 0 Å². The third-order valence-electron chi connectivity index (χ3n) is 3.72. The van der Waals surface area contributed by atoms with Gasteiger partial charge in [0, 0.05) is 25.2 Å². The van der Waals surface area contributed by atoms with E-state index in [0.29, 0.717) is 0 Å². The highest BCUT2D eigenvalue weighted by Gasteiger charge is 2.36. The average molecular weight is 278 g/mol. The minimum Gasteiger partial charge on any atom is -0.327 e. The molecular weight excluding hydrogens is 252 g/mol. The summed E-state index contributed by atoms with van der Waals surface area (Å²) in [5.74, 6) is 0.123. The summed E-state index contributed by atoms with van der Waals surface area (Å²) in [6.45, 7) is 10.3. The molecule has 0 spiro atoms. The van der Waals surface area contributed by atoms with Gasteiger partial charge in [0.2, 0.25) is 11.5 Å². The number of carbonyl (C=O) groups excluding carboxylic acids is 1. The van der Waals surface area contributed by atoms with Gasteiger partial charge in [0.25, 0.3) is 0 Å². The summed E-state index contributed by atoms with van der Waals surface area (Å²) >= 11 is 0. The lowest BCUT2D eigenvalue weighted by molar-refractivity contribution is -0.125. The number of aromatic amines is 1.